The van der Waals surface area contributed by atoms with Crippen molar-refractivity contribution in [2.45, 2.75) is 31.8 Å². The van der Waals surface area contributed by atoms with E-state index in [9.17, 15) is 0 Å². The lowest BCUT2D eigenvalue weighted by atomic mass is 10.2. The highest BCUT2D eigenvalue weighted by atomic mass is 32.1. The van der Waals surface area contributed by atoms with Crippen LogP contribution in [0, 0.1) is 4.64 Å². The van der Waals surface area contributed by atoms with Crippen molar-refractivity contribution in [2.75, 3.05) is 7.11 Å². The summed E-state index contributed by atoms with van der Waals surface area (Å²) in [6, 6.07) is 1.96. The number of nitrogens with zero attached hydrogens (tertiary/aromatic N) is 1. The van der Waals surface area contributed by atoms with E-state index in [0.29, 0.717) is 10.6 Å². The van der Waals surface area contributed by atoms with Crippen LogP contribution in [-0.2, 0) is 4.74 Å². The van der Waals surface area contributed by atoms with Crippen molar-refractivity contribution in [2.24, 2.45) is 0 Å². The minimum atomic E-state index is -0.0181. The molecular formula is C10H14N2OS. The van der Waals surface area contributed by atoms with Crippen LogP contribution in [0.1, 0.15) is 43.3 Å². The summed E-state index contributed by atoms with van der Waals surface area (Å²) in [5, 5.41) is 0. The lowest BCUT2D eigenvalue weighted by Gasteiger charge is -2.10. The van der Waals surface area contributed by atoms with Gasteiger partial charge in [-0.1, -0.05) is 12.2 Å². The summed E-state index contributed by atoms with van der Waals surface area (Å²) in [5.41, 5.74) is 1.21. The van der Waals surface area contributed by atoms with E-state index in [0.717, 1.165) is 5.82 Å². The van der Waals surface area contributed by atoms with E-state index in [4.69, 9.17) is 17.0 Å². The maximum atomic E-state index is 5.21. The Bertz CT molecular complexity index is 384. The molecule has 1 atom stereocenters. The van der Waals surface area contributed by atoms with E-state index in [2.05, 4.69) is 9.97 Å². The second-order valence-electron chi connectivity index (χ2n) is 3.71. The number of methoxy groups -OCH3 is 1. The molecule has 2 rings (SSSR count). The molecule has 14 heavy (non-hydrogen) atoms. The Morgan fingerprint density at radius 1 is 1.64 bits per heavy atom. The predicted molar refractivity (Wildman–Crippen MR) is 56.8 cm³/mol. The number of H-pyrrole nitrogens is 1. The third kappa shape index (κ3) is 2.01. The molecule has 1 unspecified atom stereocenters. The van der Waals surface area contributed by atoms with Crippen molar-refractivity contribution >= 4 is 12.2 Å². The Hall–Kier alpha value is -0.740. The average molecular weight is 210 g/mol. The summed E-state index contributed by atoms with van der Waals surface area (Å²) in [6.45, 7) is 1.96. The minimum Gasteiger partial charge on any atom is -0.374 e. The maximum absolute atomic E-state index is 5.21. The first kappa shape index (κ1) is 9.80. The number of aromatic nitrogens is 2. The monoisotopic (exact) mass is 210 g/mol. The minimum absolute atomic E-state index is 0.0181. The van der Waals surface area contributed by atoms with Crippen LogP contribution in [0.15, 0.2) is 6.07 Å². The van der Waals surface area contributed by atoms with Crippen LogP contribution in [-0.4, -0.2) is 17.1 Å². The highest BCUT2D eigenvalue weighted by Gasteiger charge is 2.25. The van der Waals surface area contributed by atoms with E-state index in [-0.39, 0.29) is 6.10 Å². The standard InChI is InChI=1S/C10H14N2OS/c1-6(13-2)10-11-8(7-3-4-7)5-9(14)12-10/h5-7H,3-4H2,1-2H3,(H,11,12,14). The number of hydrogen-bond acceptors (Lipinski definition) is 3. The summed E-state index contributed by atoms with van der Waals surface area (Å²) in [7, 11) is 1.67. The molecule has 0 saturated heterocycles. The second-order valence-corrected chi connectivity index (χ2v) is 4.13. The fourth-order valence-electron chi connectivity index (χ4n) is 1.41. The Kier molecular flexibility index (Phi) is 2.65. The SMILES string of the molecule is COC(C)c1nc(=S)cc(C2CC2)[nH]1. The van der Waals surface area contributed by atoms with E-state index < -0.39 is 0 Å². The zero-order valence-corrected chi connectivity index (χ0v) is 9.23. The predicted octanol–water partition coefficient (Wildman–Crippen LogP) is 2.72. The first-order valence-corrected chi connectivity index (χ1v) is 5.25. The first-order valence-electron chi connectivity index (χ1n) is 4.84. The van der Waals surface area contributed by atoms with Gasteiger partial charge in [-0.05, 0) is 31.7 Å². The molecule has 3 nitrogen and oxygen atoms in total. The molecule has 1 fully saturated rings. The van der Waals surface area contributed by atoms with Crippen LogP contribution < -0.4 is 0 Å². The van der Waals surface area contributed by atoms with E-state index >= 15 is 0 Å². The van der Waals surface area contributed by atoms with Gasteiger partial charge in [0.2, 0.25) is 0 Å². The van der Waals surface area contributed by atoms with Crippen molar-refractivity contribution < 1.29 is 4.74 Å². The maximum Gasteiger partial charge on any atom is 0.136 e. The molecule has 1 heterocycles. The van der Waals surface area contributed by atoms with Gasteiger partial charge in [0, 0.05) is 12.8 Å². The van der Waals surface area contributed by atoms with Gasteiger partial charge in [-0.2, -0.15) is 0 Å². The third-order valence-corrected chi connectivity index (χ3v) is 2.75. The Balaban J connectivity index is 2.35. The van der Waals surface area contributed by atoms with Gasteiger partial charge in [-0.15, -0.1) is 0 Å². The van der Waals surface area contributed by atoms with Crippen LogP contribution >= 0.6 is 12.2 Å². The number of nitrogens with one attached hydrogen (secondary N) is 1. The molecule has 76 valence electrons. The molecule has 4 heteroatoms. The lowest BCUT2D eigenvalue weighted by Crippen LogP contribution is -2.04. The van der Waals surface area contributed by atoms with Crippen LogP contribution in [0.4, 0.5) is 0 Å². The topological polar surface area (TPSA) is 37.9 Å². The van der Waals surface area contributed by atoms with Crippen LogP contribution in [0.5, 0.6) is 0 Å². The van der Waals surface area contributed by atoms with Crippen molar-refractivity contribution in [3.63, 3.8) is 0 Å². The molecule has 0 bridgehead atoms. The van der Waals surface area contributed by atoms with Crippen LogP contribution in [0.2, 0.25) is 0 Å². The van der Waals surface area contributed by atoms with Gasteiger partial charge in [-0.25, -0.2) is 4.98 Å². The molecule has 1 aliphatic rings. The number of ether oxygens (including phenoxy) is 1. The van der Waals surface area contributed by atoms with E-state index in [1.54, 1.807) is 7.11 Å². The number of aromatic amines is 1. The smallest absolute Gasteiger partial charge is 0.136 e. The summed E-state index contributed by atoms with van der Waals surface area (Å²) < 4.78 is 5.86. The Morgan fingerprint density at radius 2 is 2.36 bits per heavy atom. The Morgan fingerprint density at radius 3 is 2.93 bits per heavy atom. The molecule has 0 spiro atoms. The van der Waals surface area contributed by atoms with Crippen molar-refractivity contribution in [1.82, 2.24) is 9.97 Å². The largest absolute Gasteiger partial charge is 0.374 e. The van der Waals surface area contributed by atoms with Gasteiger partial charge in [-0.3, -0.25) is 0 Å². The molecule has 0 aromatic carbocycles. The van der Waals surface area contributed by atoms with Gasteiger partial charge in [0.1, 0.15) is 16.6 Å². The van der Waals surface area contributed by atoms with Gasteiger partial charge in [0.05, 0.1) is 0 Å². The average Bonchev–Trinajstić information content (AvgIpc) is 2.98. The van der Waals surface area contributed by atoms with Crippen molar-refractivity contribution in [1.29, 1.82) is 0 Å². The van der Waals surface area contributed by atoms with E-state index in [1.807, 2.05) is 13.0 Å². The summed E-state index contributed by atoms with van der Waals surface area (Å²) in [5.74, 6) is 1.50. The molecule has 0 radical (unpaired) electrons. The fraction of sp³-hybridized carbons (Fsp3) is 0.600. The van der Waals surface area contributed by atoms with Gasteiger partial charge in [0.15, 0.2) is 0 Å². The zero-order valence-electron chi connectivity index (χ0n) is 8.41. The number of rotatable bonds is 3. The van der Waals surface area contributed by atoms with Crippen LogP contribution in [0.25, 0.3) is 0 Å². The molecule has 1 aromatic heterocycles. The van der Waals surface area contributed by atoms with Gasteiger partial charge >= 0.3 is 0 Å². The zero-order chi connectivity index (χ0) is 10.1. The fourth-order valence-corrected chi connectivity index (χ4v) is 1.64. The first-order chi connectivity index (χ1) is 6.70. The summed E-state index contributed by atoms with van der Waals surface area (Å²) >= 11 is 5.11. The second kappa shape index (κ2) is 3.79. The molecule has 0 amide bonds. The lowest BCUT2D eigenvalue weighted by molar-refractivity contribution is 0.111. The van der Waals surface area contributed by atoms with Crippen molar-refractivity contribution in [3.8, 4) is 0 Å². The Labute approximate surface area is 88.5 Å². The summed E-state index contributed by atoms with van der Waals surface area (Å²) in [4.78, 5) is 7.54. The summed E-state index contributed by atoms with van der Waals surface area (Å²) in [6.07, 6.45) is 2.50. The quantitative estimate of drug-likeness (QED) is 0.779. The van der Waals surface area contributed by atoms with Crippen LogP contribution in [0.3, 0.4) is 0 Å². The third-order valence-electron chi connectivity index (χ3n) is 2.54. The highest BCUT2D eigenvalue weighted by molar-refractivity contribution is 7.71. The van der Waals surface area contributed by atoms with Gasteiger partial charge < -0.3 is 9.72 Å². The molecule has 1 aliphatic carbocycles. The van der Waals surface area contributed by atoms with Gasteiger partial charge in [0.25, 0.3) is 0 Å². The van der Waals surface area contributed by atoms with Crippen molar-refractivity contribution in [3.05, 3.63) is 22.2 Å². The highest BCUT2D eigenvalue weighted by Crippen LogP contribution is 2.39. The molecule has 0 aliphatic heterocycles. The molecule has 1 aromatic rings. The normalized spacial score (nSPS) is 18.1. The number of hydrogen-bond donors (Lipinski definition) is 1. The molecule has 1 saturated carbocycles. The molecule has 1 N–H and O–H groups in total. The van der Waals surface area contributed by atoms with E-state index in [1.165, 1.54) is 18.5 Å². The molecular weight excluding hydrogens is 196 g/mol.